The predicted octanol–water partition coefficient (Wildman–Crippen LogP) is 2.65. The van der Waals surface area contributed by atoms with E-state index < -0.39 is 0 Å². The first-order chi connectivity index (χ1) is 13.8. The van der Waals surface area contributed by atoms with Crippen LogP contribution in [0, 0.1) is 0 Å². The Morgan fingerprint density at radius 1 is 1.32 bits per heavy atom. The molecule has 4 rings (SSSR count). The molecule has 3 heterocycles. The Labute approximate surface area is 167 Å². The van der Waals surface area contributed by atoms with Crippen molar-refractivity contribution in [3.63, 3.8) is 0 Å². The third-order valence-electron chi connectivity index (χ3n) is 4.66. The number of benzene rings is 1. The maximum Gasteiger partial charge on any atom is 0.261 e. The van der Waals surface area contributed by atoms with E-state index in [1.165, 1.54) is 11.3 Å². The van der Waals surface area contributed by atoms with Gasteiger partial charge >= 0.3 is 0 Å². The fourth-order valence-electron chi connectivity index (χ4n) is 3.36. The van der Waals surface area contributed by atoms with E-state index in [1.54, 1.807) is 25.6 Å². The van der Waals surface area contributed by atoms with Crippen molar-refractivity contribution < 1.29 is 14.3 Å². The molecule has 146 valence electrons. The summed E-state index contributed by atoms with van der Waals surface area (Å²) < 4.78 is 12.2. The van der Waals surface area contributed by atoms with E-state index >= 15 is 0 Å². The SMILES string of the molecule is COCCNC(=O)c1sc2ccccc2c1C1CN(c2ncccn2)CCO1. The highest BCUT2D eigenvalue weighted by atomic mass is 32.1. The maximum absolute atomic E-state index is 12.9. The van der Waals surface area contributed by atoms with Crippen LogP contribution in [0.4, 0.5) is 5.95 Å². The number of morpholine rings is 1. The minimum absolute atomic E-state index is 0.0927. The molecule has 1 aromatic carbocycles. The summed E-state index contributed by atoms with van der Waals surface area (Å²) in [6.45, 7) is 2.82. The Morgan fingerprint density at radius 3 is 2.96 bits per heavy atom. The molecule has 1 aliphatic heterocycles. The van der Waals surface area contributed by atoms with Crippen molar-refractivity contribution in [1.82, 2.24) is 15.3 Å². The van der Waals surface area contributed by atoms with Gasteiger partial charge in [-0.3, -0.25) is 4.79 Å². The van der Waals surface area contributed by atoms with Gasteiger partial charge in [0.25, 0.3) is 5.91 Å². The molecule has 1 fully saturated rings. The average molecular weight is 398 g/mol. The van der Waals surface area contributed by atoms with Crippen molar-refractivity contribution >= 4 is 33.3 Å². The first kappa shape index (κ1) is 18.8. The van der Waals surface area contributed by atoms with Crippen molar-refractivity contribution in [1.29, 1.82) is 0 Å². The lowest BCUT2D eigenvalue weighted by atomic mass is 10.0. The molecular weight excluding hydrogens is 376 g/mol. The van der Waals surface area contributed by atoms with Crippen LogP contribution in [0.15, 0.2) is 42.7 Å². The number of carbonyl (C=O) groups excluding carboxylic acids is 1. The summed E-state index contributed by atoms with van der Waals surface area (Å²) in [5, 5.41) is 4.00. The van der Waals surface area contributed by atoms with Crippen LogP contribution < -0.4 is 10.2 Å². The van der Waals surface area contributed by atoms with Crippen LogP contribution in [0.2, 0.25) is 0 Å². The van der Waals surface area contributed by atoms with E-state index in [0.29, 0.717) is 37.1 Å². The predicted molar refractivity (Wildman–Crippen MR) is 109 cm³/mol. The molecule has 8 heteroatoms. The Balaban J connectivity index is 1.66. The number of aromatic nitrogens is 2. The molecule has 28 heavy (non-hydrogen) atoms. The summed E-state index contributed by atoms with van der Waals surface area (Å²) in [5.41, 5.74) is 0.941. The summed E-state index contributed by atoms with van der Waals surface area (Å²) in [4.78, 5) is 24.4. The summed E-state index contributed by atoms with van der Waals surface area (Å²) in [7, 11) is 1.62. The van der Waals surface area contributed by atoms with Crippen LogP contribution in [0.5, 0.6) is 0 Å². The van der Waals surface area contributed by atoms with Crippen LogP contribution in [0.25, 0.3) is 10.1 Å². The molecule has 0 spiro atoms. The van der Waals surface area contributed by atoms with E-state index in [0.717, 1.165) is 22.2 Å². The zero-order chi connectivity index (χ0) is 19.3. The van der Waals surface area contributed by atoms with E-state index in [4.69, 9.17) is 9.47 Å². The zero-order valence-corrected chi connectivity index (χ0v) is 16.4. The van der Waals surface area contributed by atoms with E-state index in [2.05, 4.69) is 26.3 Å². The van der Waals surface area contributed by atoms with E-state index in [1.807, 2.05) is 18.2 Å². The zero-order valence-electron chi connectivity index (χ0n) is 15.6. The lowest BCUT2D eigenvalue weighted by molar-refractivity contribution is 0.0396. The number of fused-ring (bicyclic) bond motifs is 1. The van der Waals surface area contributed by atoms with E-state index in [9.17, 15) is 4.79 Å². The average Bonchev–Trinajstić information content (AvgIpc) is 3.14. The van der Waals surface area contributed by atoms with Gasteiger partial charge in [-0.15, -0.1) is 11.3 Å². The Bertz CT molecular complexity index is 947. The van der Waals surface area contributed by atoms with Crippen molar-refractivity contribution in [2.75, 3.05) is 44.9 Å². The van der Waals surface area contributed by atoms with Gasteiger partial charge in [0.2, 0.25) is 5.95 Å². The summed E-state index contributed by atoms with van der Waals surface area (Å²) >= 11 is 1.50. The van der Waals surface area contributed by atoms with E-state index in [-0.39, 0.29) is 12.0 Å². The van der Waals surface area contributed by atoms with Crippen molar-refractivity contribution in [3.05, 3.63) is 53.2 Å². The van der Waals surface area contributed by atoms with Gasteiger partial charge in [0.05, 0.1) is 24.6 Å². The number of nitrogens with one attached hydrogen (secondary N) is 1. The second-order valence-electron chi connectivity index (χ2n) is 6.44. The van der Waals surface area contributed by atoms with Gasteiger partial charge in [-0.05, 0) is 17.5 Å². The fourth-order valence-corrected chi connectivity index (χ4v) is 4.53. The van der Waals surface area contributed by atoms with Crippen LogP contribution in [-0.2, 0) is 9.47 Å². The Kier molecular flexibility index (Phi) is 5.80. The van der Waals surface area contributed by atoms with Crippen LogP contribution in [0.1, 0.15) is 21.3 Å². The molecule has 3 aromatic rings. The number of methoxy groups -OCH3 is 1. The number of hydrogen-bond acceptors (Lipinski definition) is 7. The molecule has 1 amide bonds. The lowest BCUT2D eigenvalue weighted by Gasteiger charge is -2.33. The second kappa shape index (κ2) is 8.64. The molecule has 1 saturated heterocycles. The number of rotatable bonds is 6. The third-order valence-corrected chi connectivity index (χ3v) is 5.84. The highest BCUT2D eigenvalue weighted by molar-refractivity contribution is 7.21. The third kappa shape index (κ3) is 3.84. The molecule has 1 atom stereocenters. The lowest BCUT2D eigenvalue weighted by Crippen LogP contribution is -2.40. The summed E-state index contributed by atoms with van der Waals surface area (Å²) in [6, 6.07) is 9.87. The maximum atomic E-state index is 12.9. The Morgan fingerprint density at radius 2 is 2.14 bits per heavy atom. The van der Waals surface area contributed by atoms with Gasteiger partial charge in [-0.2, -0.15) is 0 Å². The molecular formula is C20H22N4O3S. The monoisotopic (exact) mass is 398 g/mol. The molecule has 7 nitrogen and oxygen atoms in total. The van der Waals surface area contributed by atoms with Gasteiger partial charge in [-0.25, -0.2) is 9.97 Å². The quantitative estimate of drug-likeness (QED) is 0.644. The smallest absolute Gasteiger partial charge is 0.261 e. The van der Waals surface area contributed by atoms with Gasteiger partial charge in [0.15, 0.2) is 0 Å². The van der Waals surface area contributed by atoms with Crippen molar-refractivity contribution in [3.8, 4) is 0 Å². The topological polar surface area (TPSA) is 76.6 Å². The normalized spacial score (nSPS) is 17.0. The Hall–Kier alpha value is -2.55. The summed E-state index contributed by atoms with van der Waals surface area (Å²) in [6.07, 6.45) is 3.25. The fraction of sp³-hybridized carbons (Fsp3) is 0.350. The summed E-state index contributed by atoms with van der Waals surface area (Å²) in [5.74, 6) is 0.589. The number of ether oxygens (including phenoxy) is 2. The number of hydrogen-bond donors (Lipinski definition) is 1. The standard InChI is InChI=1S/C20H22N4O3S/c1-26-11-9-21-19(25)18-17(14-5-2-3-6-16(14)28-18)15-13-24(10-12-27-15)20-22-7-4-8-23-20/h2-8,15H,9-13H2,1H3,(H,21,25). The molecule has 0 aliphatic carbocycles. The molecule has 2 aromatic heterocycles. The number of nitrogens with zero attached hydrogens (tertiary/aromatic N) is 3. The molecule has 1 aliphatic rings. The largest absolute Gasteiger partial charge is 0.383 e. The molecule has 1 N–H and O–H groups in total. The van der Waals surface area contributed by atoms with Gasteiger partial charge < -0.3 is 19.7 Å². The van der Waals surface area contributed by atoms with Crippen LogP contribution in [-0.4, -0.2) is 55.8 Å². The van der Waals surface area contributed by atoms with Gasteiger partial charge in [0.1, 0.15) is 6.10 Å². The minimum atomic E-state index is -0.225. The number of amides is 1. The molecule has 1 unspecified atom stereocenters. The van der Waals surface area contributed by atoms with Crippen molar-refractivity contribution in [2.45, 2.75) is 6.10 Å². The first-order valence-corrected chi connectivity index (χ1v) is 10.0. The first-order valence-electron chi connectivity index (χ1n) is 9.20. The molecule has 0 radical (unpaired) electrons. The second-order valence-corrected chi connectivity index (χ2v) is 7.50. The van der Waals surface area contributed by atoms with Gasteiger partial charge in [0, 0.05) is 42.9 Å². The minimum Gasteiger partial charge on any atom is -0.383 e. The van der Waals surface area contributed by atoms with Gasteiger partial charge in [-0.1, -0.05) is 18.2 Å². The number of carbonyl (C=O) groups is 1. The highest BCUT2D eigenvalue weighted by Crippen LogP contribution is 2.38. The number of anilines is 1. The van der Waals surface area contributed by atoms with Crippen LogP contribution >= 0.6 is 11.3 Å². The molecule has 0 bridgehead atoms. The number of thiophene rings is 1. The van der Waals surface area contributed by atoms with Crippen LogP contribution in [0.3, 0.4) is 0 Å². The molecule has 0 saturated carbocycles. The highest BCUT2D eigenvalue weighted by Gasteiger charge is 2.30. The van der Waals surface area contributed by atoms with Crippen molar-refractivity contribution in [2.24, 2.45) is 0 Å².